The van der Waals surface area contributed by atoms with E-state index in [1.165, 1.54) is 25.7 Å². The minimum atomic E-state index is 0. The van der Waals surface area contributed by atoms with Crippen molar-refractivity contribution >= 4 is 18.3 Å². The summed E-state index contributed by atoms with van der Waals surface area (Å²) in [5.41, 5.74) is 0. The molecule has 2 fully saturated rings. The molecule has 112 valence electrons. The van der Waals surface area contributed by atoms with E-state index in [2.05, 4.69) is 17.1 Å². The number of halogens is 1. The van der Waals surface area contributed by atoms with Gasteiger partial charge in [0.15, 0.2) is 0 Å². The van der Waals surface area contributed by atoms with Gasteiger partial charge in [0.1, 0.15) is 0 Å². The summed E-state index contributed by atoms with van der Waals surface area (Å²) in [5.74, 6) is 1.56. The smallest absolute Gasteiger partial charge is 0.225 e. The lowest BCUT2D eigenvalue weighted by atomic mass is 9.89. The molecule has 2 rings (SSSR count). The lowest BCUT2D eigenvalue weighted by molar-refractivity contribution is -0.137. The average molecular weight is 289 g/mol. The lowest BCUT2D eigenvalue weighted by Crippen LogP contribution is -2.48. The van der Waals surface area contributed by atoms with Gasteiger partial charge in [0.25, 0.3) is 0 Å². The number of piperazine rings is 1. The van der Waals surface area contributed by atoms with Crippen LogP contribution in [0.2, 0.25) is 0 Å². The van der Waals surface area contributed by atoms with Crippen molar-refractivity contribution in [2.45, 2.75) is 51.9 Å². The van der Waals surface area contributed by atoms with Gasteiger partial charge in [-0.2, -0.15) is 0 Å². The van der Waals surface area contributed by atoms with E-state index in [1.54, 1.807) is 0 Å². The van der Waals surface area contributed by atoms with E-state index in [1.807, 2.05) is 0 Å². The molecule has 19 heavy (non-hydrogen) atoms. The minimum absolute atomic E-state index is 0. The fraction of sp³-hybridized carbons (Fsp3) is 0.933. The summed E-state index contributed by atoms with van der Waals surface area (Å²) in [5, 5.41) is 3.32. The Morgan fingerprint density at radius 1 is 1.26 bits per heavy atom. The Hall–Kier alpha value is -0.280. The third kappa shape index (κ3) is 4.96. The van der Waals surface area contributed by atoms with Crippen molar-refractivity contribution in [1.82, 2.24) is 10.2 Å². The highest BCUT2D eigenvalue weighted by Gasteiger charge is 2.28. The lowest BCUT2D eigenvalue weighted by Gasteiger charge is -2.31. The Morgan fingerprint density at radius 3 is 2.47 bits per heavy atom. The van der Waals surface area contributed by atoms with Crippen molar-refractivity contribution in [1.29, 1.82) is 0 Å². The summed E-state index contributed by atoms with van der Waals surface area (Å²) in [6.45, 7) is 5.95. The van der Waals surface area contributed by atoms with Crippen LogP contribution in [0.15, 0.2) is 0 Å². The van der Waals surface area contributed by atoms with Crippen LogP contribution in [0.5, 0.6) is 0 Å². The third-order valence-electron chi connectivity index (χ3n) is 4.51. The van der Waals surface area contributed by atoms with Crippen LogP contribution in [-0.2, 0) is 4.79 Å². The molecule has 4 heteroatoms. The number of rotatable bonds is 5. The van der Waals surface area contributed by atoms with Crippen LogP contribution in [0.1, 0.15) is 51.9 Å². The van der Waals surface area contributed by atoms with Gasteiger partial charge in [-0.15, -0.1) is 12.4 Å². The normalized spacial score (nSPS) is 22.1. The first kappa shape index (κ1) is 16.8. The summed E-state index contributed by atoms with van der Waals surface area (Å²) < 4.78 is 0. The molecule has 2 aliphatic rings. The maximum absolute atomic E-state index is 12.6. The second-order valence-electron chi connectivity index (χ2n) is 5.95. The first-order chi connectivity index (χ1) is 8.81. The highest BCUT2D eigenvalue weighted by Crippen LogP contribution is 2.32. The van der Waals surface area contributed by atoms with E-state index in [9.17, 15) is 4.79 Å². The van der Waals surface area contributed by atoms with Crippen LogP contribution in [0.4, 0.5) is 0 Å². The topological polar surface area (TPSA) is 32.3 Å². The number of carbonyl (C=O) groups excluding carboxylic acids is 1. The molecule has 1 aliphatic carbocycles. The molecule has 0 aromatic rings. The van der Waals surface area contributed by atoms with Gasteiger partial charge in [-0.05, 0) is 18.8 Å². The minimum Gasteiger partial charge on any atom is -0.340 e. The number of nitrogens with zero attached hydrogens (tertiary/aromatic N) is 1. The van der Waals surface area contributed by atoms with Crippen molar-refractivity contribution in [3.8, 4) is 0 Å². The average Bonchev–Trinajstić information content (AvgIpc) is 2.91. The van der Waals surface area contributed by atoms with Crippen molar-refractivity contribution in [2.24, 2.45) is 11.8 Å². The Kier molecular flexibility index (Phi) is 7.77. The van der Waals surface area contributed by atoms with Gasteiger partial charge >= 0.3 is 0 Å². The van der Waals surface area contributed by atoms with Crippen molar-refractivity contribution in [3.05, 3.63) is 0 Å². The molecular weight excluding hydrogens is 260 g/mol. The Bertz CT molecular complexity index is 261. The van der Waals surface area contributed by atoms with Gasteiger partial charge < -0.3 is 10.2 Å². The highest BCUT2D eigenvalue weighted by molar-refractivity contribution is 5.85. The van der Waals surface area contributed by atoms with E-state index in [-0.39, 0.29) is 12.4 Å². The monoisotopic (exact) mass is 288 g/mol. The van der Waals surface area contributed by atoms with E-state index >= 15 is 0 Å². The van der Waals surface area contributed by atoms with Gasteiger partial charge in [0.05, 0.1) is 0 Å². The van der Waals surface area contributed by atoms with Gasteiger partial charge in [-0.1, -0.05) is 39.0 Å². The Labute approximate surface area is 123 Å². The van der Waals surface area contributed by atoms with E-state index in [4.69, 9.17) is 0 Å². The molecular formula is C15H29ClN2O. The summed E-state index contributed by atoms with van der Waals surface area (Å²) >= 11 is 0. The quantitative estimate of drug-likeness (QED) is 0.844. The van der Waals surface area contributed by atoms with Crippen molar-refractivity contribution in [2.75, 3.05) is 26.2 Å². The Balaban J connectivity index is 0.00000180. The fourth-order valence-electron chi connectivity index (χ4n) is 3.48. The predicted molar refractivity (Wildman–Crippen MR) is 81.7 cm³/mol. The van der Waals surface area contributed by atoms with Crippen molar-refractivity contribution < 1.29 is 4.79 Å². The molecule has 1 saturated carbocycles. The van der Waals surface area contributed by atoms with Crippen LogP contribution in [0.3, 0.4) is 0 Å². The molecule has 0 radical (unpaired) electrons. The second kappa shape index (κ2) is 8.80. The SMILES string of the molecule is CCCC(CC1CCCC1)C(=O)N1CCNCC1.Cl. The van der Waals surface area contributed by atoms with Crippen molar-refractivity contribution in [3.63, 3.8) is 0 Å². The number of nitrogens with one attached hydrogen (secondary N) is 1. The first-order valence-electron chi connectivity index (χ1n) is 7.80. The number of hydrogen-bond acceptors (Lipinski definition) is 2. The van der Waals surface area contributed by atoms with Crippen LogP contribution in [-0.4, -0.2) is 37.0 Å². The third-order valence-corrected chi connectivity index (χ3v) is 4.51. The standard InChI is InChI=1S/C15H28N2O.ClH/c1-2-5-14(12-13-6-3-4-7-13)15(18)17-10-8-16-9-11-17;/h13-14,16H,2-12H2,1H3;1H. The molecule has 0 aromatic heterocycles. The van der Waals surface area contributed by atoms with Gasteiger partial charge in [-0.25, -0.2) is 0 Å². The zero-order valence-electron chi connectivity index (χ0n) is 12.2. The first-order valence-corrected chi connectivity index (χ1v) is 7.80. The van der Waals surface area contributed by atoms with Gasteiger partial charge in [0, 0.05) is 32.1 Å². The molecule has 1 amide bonds. The molecule has 3 nitrogen and oxygen atoms in total. The van der Waals surface area contributed by atoms with Crippen LogP contribution >= 0.6 is 12.4 Å². The number of hydrogen-bond donors (Lipinski definition) is 1. The molecule has 1 atom stereocenters. The summed E-state index contributed by atoms with van der Waals surface area (Å²) in [4.78, 5) is 14.7. The summed E-state index contributed by atoms with van der Waals surface area (Å²) in [6, 6.07) is 0. The van der Waals surface area contributed by atoms with E-state index in [0.29, 0.717) is 11.8 Å². The molecule has 1 N–H and O–H groups in total. The predicted octanol–water partition coefficient (Wildman–Crippen LogP) is 2.84. The highest BCUT2D eigenvalue weighted by atomic mass is 35.5. The van der Waals surface area contributed by atoms with E-state index < -0.39 is 0 Å². The molecule has 0 bridgehead atoms. The summed E-state index contributed by atoms with van der Waals surface area (Å²) in [6.07, 6.45) is 8.84. The molecule has 1 heterocycles. The largest absolute Gasteiger partial charge is 0.340 e. The van der Waals surface area contributed by atoms with Gasteiger partial charge in [-0.3, -0.25) is 4.79 Å². The molecule has 0 aromatic carbocycles. The van der Waals surface area contributed by atoms with E-state index in [0.717, 1.165) is 51.4 Å². The maximum Gasteiger partial charge on any atom is 0.225 e. The molecule has 1 aliphatic heterocycles. The molecule has 1 saturated heterocycles. The number of carbonyl (C=O) groups is 1. The molecule has 1 unspecified atom stereocenters. The summed E-state index contributed by atoms with van der Waals surface area (Å²) in [7, 11) is 0. The van der Waals surface area contributed by atoms with Crippen LogP contribution in [0.25, 0.3) is 0 Å². The molecule has 0 spiro atoms. The second-order valence-corrected chi connectivity index (χ2v) is 5.95. The van der Waals surface area contributed by atoms with Gasteiger partial charge in [0.2, 0.25) is 5.91 Å². The van der Waals surface area contributed by atoms with Crippen LogP contribution < -0.4 is 5.32 Å². The zero-order valence-corrected chi connectivity index (χ0v) is 13.0. The maximum atomic E-state index is 12.6. The fourth-order valence-corrected chi connectivity index (χ4v) is 3.48. The van der Waals surface area contributed by atoms with Crippen LogP contribution in [0, 0.1) is 11.8 Å². The zero-order chi connectivity index (χ0) is 12.8. The Morgan fingerprint density at radius 2 is 1.89 bits per heavy atom. The number of amides is 1.